The average Bonchev–Trinajstić information content (AvgIpc) is 2.34. The molecule has 112 valence electrons. The van der Waals surface area contributed by atoms with Gasteiger partial charge in [0, 0.05) is 19.6 Å². The molecule has 1 fully saturated rings. The molecule has 1 aromatic rings. The first-order valence-corrected chi connectivity index (χ1v) is 7.09. The second-order valence-corrected chi connectivity index (χ2v) is 5.71. The van der Waals surface area contributed by atoms with Crippen molar-refractivity contribution in [2.24, 2.45) is 0 Å². The van der Waals surface area contributed by atoms with Gasteiger partial charge in [0.25, 0.3) is 0 Å². The van der Waals surface area contributed by atoms with Crippen molar-refractivity contribution in [2.75, 3.05) is 24.5 Å². The smallest absolute Gasteiger partial charge is 0.149 e. The average molecular weight is 284 g/mol. The minimum Gasteiger partial charge on any atom is -0.388 e. The minimum atomic E-state index is -0.889. The fourth-order valence-electron chi connectivity index (χ4n) is 2.70. The zero-order valence-electron chi connectivity index (χ0n) is 12.0. The van der Waals surface area contributed by atoms with E-state index < -0.39 is 17.2 Å². The molecule has 0 radical (unpaired) electrons. The van der Waals surface area contributed by atoms with Crippen molar-refractivity contribution in [3.8, 4) is 0 Å². The van der Waals surface area contributed by atoms with Crippen molar-refractivity contribution in [1.82, 2.24) is 5.32 Å². The van der Waals surface area contributed by atoms with Gasteiger partial charge >= 0.3 is 0 Å². The normalized spacial score (nSPS) is 23.1. The molecule has 1 aliphatic heterocycles. The Kier molecular flexibility index (Phi) is 4.60. The third-order valence-electron chi connectivity index (χ3n) is 3.65. The fourth-order valence-corrected chi connectivity index (χ4v) is 2.70. The van der Waals surface area contributed by atoms with E-state index in [1.54, 1.807) is 11.8 Å². The van der Waals surface area contributed by atoms with Gasteiger partial charge in [-0.25, -0.2) is 8.78 Å². The first-order chi connectivity index (χ1) is 9.43. The van der Waals surface area contributed by atoms with E-state index in [1.807, 2.05) is 6.92 Å². The van der Waals surface area contributed by atoms with Crippen molar-refractivity contribution in [3.05, 3.63) is 29.3 Å². The van der Waals surface area contributed by atoms with Crippen LogP contribution in [-0.2, 0) is 6.54 Å². The molecular weight excluding hydrogens is 262 g/mol. The lowest BCUT2D eigenvalue weighted by molar-refractivity contribution is 0.0446. The minimum absolute atomic E-state index is 0.0229. The van der Waals surface area contributed by atoms with Gasteiger partial charge in [-0.3, -0.25) is 0 Å². The van der Waals surface area contributed by atoms with Crippen LogP contribution in [0.1, 0.15) is 32.3 Å². The Bertz CT molecular complexity index is 454. The van der Waals surface area contributed by atoms with Gasteiger partial charge in [-0.15, -0.1) is 0 Å². The first kappa shape index (κ1) is 15.2. The predicted molar refractivity (Wildman–Crippen MR) is 75.8 cm³/mol. The summed E-state index contributed by atoms with van der Waals surface area (Å²) < 4.78 is 28.4. The number of piperidine rings is 1. The van der Waals surface area contributed by atoms with Crippen molar-refractivity contribution in [2.45, 2.75) is 38.8 Å². The highest BCUT2D eigenvalue weighted by Crippen LogP contribution is 2.30. The van der Waals surface area contributed by atoms with Crippen LogP contribution in [0.25, 0.3) is 0 Å². The van der Waals surface area contributed by atoms with Gasteiger partial charge in [-0.05, 0) is 44.0 Å². The van der Waals surface area contributed by atoms with Crippen LogP contribution in [0, 0.1) is 11.6 Å². The Morgan fingerprint density at radius 2 is 2.00 bits per heavy atom. The fraction of sp³-hybridized carbons (Fsp3) is 0.600. The molecular formula is C15H22F2N2O. The summed E-state index contributed by atoms with van der Waals surface area (Å²) in [5.74, 6) is -1.12. The number of nitrogens with zero attached hydrogens (tertiary/aromatic N) is 1. The number of β-amino-alcohol motifs (C(OH)–C–C–N with tert-alkyl or cyclic N) is 1. The maximum Gasteiger partial charge on any atom is 0.149 e. The molecule has 0 amide bonds. The Labute approximate surface area is 118 Å². The lowest BCUT2D eigenvalue weighted by atomic mass is 9.94. The van der Waals surface area contributed by atoms with Crippen molar-refractivity contribution < 1.29 is 13.9 Å². The number of hydrogen-bond donors (Lipinski definition) is 2. The summed E-state index contributed by atoms with van der Waals surface area (Å²) in [5.41, 5.74) is -0.320. The Morgan fingerprint density at radius 3 is 2.55 bits per heavy atom. The molecule has 1 unspecified atom stereocenters. The quantitative estimate of drug-likeness (QED) is 0.891. The van der Waals surface area contributed by atoms with E-state index in [4.69, 9.17) is 0 Å². The molecule has 1 atom stereocenters. The van der Waals surface area contributed by atoms with E-state index in [0.717, 1.165) is 13.0 Å². The van der Waals surface area contributed by atoms with Gasteiger partial charge in [0.2, 0.25) is 0 Å². The third-order valence-corrected chi connectivity index (χ3v) is 3.65. The van der Waals surface area contributed by atoms with E-state index >= 15 is 0 Å². The van der Waals surface area contributed by atoms with Crippen LogP contribution in [0.3, 0.4) is 0 Å². The van der Waals surface area contributed by atoms with Crippen molar-refractivity contribution >= 4 is 5.69 Å². The van der Waals surface area contributed by atoms with Crippen LogP contribution >= 0.6 is 0 Å². The summed E-state index contributed by atoms with van der Waals surface area (Å²) in [7, 11) is 0. The molecule has 0 spiro atoms. The number of nitrogens with one attached hydrogen (secondary N) is 1. The van der Waals surface area contributed by atoms with Crippen LogP contribution in [0.15, 0.2) is 12.1 Å². The van der Waals surface area contributed by atoms with E-state index in [0.29, 0.717) is 25.1 Å². The largest absolute Gasteiger partial charge is 0.388 e. The molecule has 2 N–H and O–H groups in total. The van der Waals surface area contributed by atoms with E-state index in [2.05, 4.69) is 5.32 Å². The van der Waals surface area contributed by atoms with Gasteiger partial charge in [0.15, 0.2) is 0 Å². The first-order valence-electron chi connectivity index (χ1n) is 7.09. The van der Waals surface area contributed by atoms with Crippen LogP contribution in [0.4, 0.5) is 14.5 Å². The van der Waals surface area contributed by atoms with Gasteiger partial charge in [-0.2, -0.15) is 0 Å². The molecule has 0 aromatic heterocycles. The summed E-state index contributed by atoms with van der Waals surface area (Å²) in [6.07, 6.45) is 1.39. The number of hydrogen-bond acceptors (Lipinski definition) is 3. The van der Waals surface area contributed by atoms with E-state index in [9.17, 15) is 13.9 Å². The van der Waals surface area contributed by atoms with Crippen LogP contribution in [0.5, 0.6) is 0 Å². The molecule has 20 heavy (non-hydrogen) atoms. The van der Waals surface area contributed by atoms with Crippen molar-refractivity contribution in [3.63, 3.8) is 0 Å². The van der Waals surface area contributed by atoms with Gasteiger partial charge in [-0.1, -0.05) is 6.92 Å². The molecule has 3 nitrogen and oxygen atoms in total. The van der Waals surface area contributed by atoms with Gasteiger partial charge < -0.3 is 15.3 Å². The summed E-state index contributed by atoms with van der Waals surface area (Å²) in [6, 6.07) is 2.73. The zero-order chi connectivity index (χ0) is 14.8. The lowest BCUT2D eigenvalue weighted by Crippen LogP contribution is -2.46. The van der Waals surface area contributed by atoms with E-state index in [-0.39, 0.29) is 12.2 Å². The maximum absolute atomic E-state index is 14.2. The predicted octanol–water partition coefficient (Wildman–Crippen LogP) is 2.43. The van der Waals surface area contributed by atoms with E-state index in [1.165, 1.54) is 12.1 Å². The number of benzene rings is 1. The second kappa shape index (κ2) is 6.06. The van der Waals surface area contributed by atoms with Gasteiger partial charge in [0.1, 0.15) is 17.3 Å². The Hall–Kier alpha value is -1.20. The molecule has 1 aliphatic rings. The highest BCUT2D eigenvalue weighted by molar-refractivity contribution is 5.51. The molecule has 2 rings (SSSR count). The monoisotopic (exact) mass is 284 g/mol. The number of aliphatic hydroxyl groups is 1. The summed E-state index contributed by atoms with van der Waals surface area (Å²) in [4.78, 5) is 1.60. The van der Waals surface area contributed by atoms with Crippen molar-refractivity contribution in [1.29, 1.82) is 0 Å². The molecule has 1 aromatic carbocycles. The molecule has 0 bridgehead atoms. The summed E-state index contributed by atoms with van der Waals surface area (Å²) in [6.45, 7) is 5.66. The SMILES string of the molecule is CCNCc1cc(F)c(N2CCCC(C)(O)C2)c(F)c1. The molecule has 0 aliphatic carbocycles. The highest BCUT2D eigenvalue weighted by Gasteiger charge is 2.31. The summed E-state index contributed by atoms with van der Waals surface area (Å²) >= 11 is 0. The topological polar surface area (TPSA) is 35.5 Å². The molecule has 1 heterocycles. The zero-order valence-corrected chi connectivity index (χ0v) is 12.0. The second-order valence-electron chi connectivity index (χ2n) is 5.71. The molecule has 0 saturated carbocycles. The maximum atomic E-state index is 14.2. The number of halogens is 2. The summed E-state index contributed by atoms with van der Waals surface area (Å²) in [5, 5.41) is 13.1. The van der Waals surface area contributed by atoms with Crippen LogP contribution < -0.4 is 10.2 Å². The third kappa shape index (κ3) is 3.46. The van der Waals surface area contributed by atoms with Crippen LogP contribution in [0.2, 0.25) is 0 Å². The highest BCUT2D eigenvalue weighted by atomic mass is 19.1. The number of rotatable bonds is 4. The number of anilines is 1. The standard InChI is InChI=1S/C15H22F2N2O/c1-3-18-9-11-7-12(16)14(13(17)8-11)19-6-4-5-15(2,20)10-19/h7-8,18,20H,3-6,9-10H2,1-2H3. The Balaban J connectivity index is 2.23. The van der Waals surface area contributed by atoms with Gasteiger partial charge in [0.05, 0.1) is 5.60 Å². The molecule has 1 saturated heterocycles. The molecule has 5 heteroatoms. The lowest BCUT2D eigenvalue weighted by Gasteiger charge is -2.38. The Morgan fingerprint density at radius 1 is 1.35 bits per heavy atom. The van der Waals surface area contributed by atoms with Crippen LogP contribution in [-0.4, -0.2) is 30.3 Å².